The zero-order chi connectivity index (χ0) is 13.1. The molecule has 94 valence electrons. The normalized spacial score (nSPS) is 10.4. The summed E-state index contributed by atoms with van der Waals surface area (Å²) in [6.07, 6.45) is 0. The number of aromatic nitrogens is 1. The molecule has 0 spiro atoms. The minimum atomic E-state index is 0.420. The van der Waals surface area contributed by atoms with Crippen molar-refractivity contribution >= 4 is 0 Å². The summed E-state index contributed by atoms with van der Waals surface area (Å²) in [4.78, 5) is 4.35. The van der Waals surface area contributed by atoms with Crippen LogP contribution in [0.4, 0.5) is 0 Å². The van der Waals surface area contributed by atoms with E-state index in [0.29, 0.717) is 12.4 Å². The third-order valence-electron chi connectivity index (χ3n) is 3.07. The van der Waals surface area contributed by atoms with Crippen molar-refractivity contribution in [1.82, 2.24) is 4.98 Å². The molecule has 0 fully saturated rings. The van der Waals surface area contributed by atoms with E-state index in [4.69, 9.17) is 10.5 Å². The maximum absolute atomic E-state index is 5.90. The Labute approximate surface area is 108 Å². The molecule has 0 saturated carbocycles. The van der Waals surface area contributed by atoms with E-state index < -0.39 is 0 Å². The van der Waals surface area contributed by atoms with E-state index in [-0.39, 0.29) is 0 Å². The Morgan fingerprint density at radius 1 is 1.06 bits per heavy atom. The first-order valence-electron chi connectivity index (χ1n) is 6.02. The quantitative estimate of drug-likeness (QED) is 0.898. The van der Waals surface area contributed by atoms with Crippen LogP contribution in [0.5, 0.6) is 11.6 Å². The maximum atomic E-state index is 5.90. The molecule has 1 aromatic carbocycles. The fourth-order valence-electron chi connectivity index (χ4n) is 1.82. The Morgan fingerprint density at radius 2 is 1.78 bits per heavy atom. The number of nitrogens with zero attached hydrogens (tertiary/aromatic N) is 1. The van der Waals surface area contributed by atoms with Crippen LogP contribution < -0.4 is 10.5 Å². The maximum Gasteiger partial charge on any atom is 0.219 e. The summed E-state index contributed by atoms with van der Waals surface area (Å²) in [5.74, 6) is 1.48. The van der Waals surface area contributed by atoms with Crippen molar-refractivity contribution in [2.45, 2.75) is 27.3 Å². The van der Waals surface area contributed by atoms with Gasteiger partial charge in [0.1, 0.15) is 5.75 Å². The van der Waals surface area contributed by atoms with Crippen LogP contribution in [0.15, 0.2) is 30.3 Å². The third kappa shape index (κ3) is 2.51. The van der Waals surface area contributed by atoms with E-state index in [2.05, 4.69) is 31.0 Å². The minimum absolute atomic E-state index is 0.420. The smallest absolute Gasteiger partial charge is 0.219 e. The zero-order valence-electron chi connectivity index (χ0n) is 11.0. The van der Waals surface area contributed by atoms with Crippen LogP contribution in [0.25, 0.3) is 0 Å². The molecule has 1 aromatic heterocycles. The first-order valence-corrected chi connectivity index (χ1v) is 6.02. The summed E-state index contributed by atoms with van der Waals surface area (Å²) < 4.78 is 5.90. The summed E-state index contributed by atoms with van der Waals surface area (Å²) in [5, 5.41) is 0. The van der Waals surface area contributed by atoms with Gasteiger partial charge in [-0.15, -0.1) is 0 Å². The molecule has 2 rings (SSSR count). The molecule has 0 bridgehead atoms. The lowest BCUT2D eigenvalue weighted by molar-refractivity contribution is 0.453. The highest BCUT2D eigenvalue weighted by atomic mass is 16.5. The fraction of sp³-hybridized carbons (Fsp3) is 0.267. The Morgan fingerprint density at radius 3 is 2.50 bits per heavy atom. The second-order valence-electron chi connectivity index (χ2n) is 4.43. The van der Waals surface area contributed by atoms with Crippen LogP contribution in [-0.2, 0) is 6.54 Å². The summed E-state index contributed by atoms with van der Waals surface area (Å²) in [7, 11) is 0. The number of rotatable bonds is 3. The molecular formula is C15H18N2O. The largest absolute Gasteiger partial charge is 0.438 e. The SMILES string of the molecule is Cc1ccc(C)c(Oc2cccc(CN)n2)c1C. The number of aryl methyl sites for hydroxylation is 2. The second-order valence-corrected chi connectivity index (χ2v) is 4.43. The van der Waals surface area contributed by atoms with Gasteiger partial charge in [-0.3, -0.25) is 0 Å². The average Bonchev–Trinajstić information content (AvgIpc) is 2.39. The average molecular weight is 242 g/mol. The predicted octanol–water partition coefficient (Wildman–Crippen LogP) is 3.26. The predicted molar refractivity (Wildman–Crippen MR) is 72.9 cm³/mol. The zero-order valence-corrected chi connectivity index (χ0v) is 11.0. The molecule has 2 aromatic rings. The van der Waals surface area contributed by atoms with Crippen molar-refractivity contribution < 1.29 is 4.74 Å². The molecule has 0 amide bonds. The van der Waals surface area contributed by atoms with Gasteiger partial charge in [-0.1, -0.05) is 18.2 Å². The minimum Gasteiger partial charge on any atom is -0.438 e. The van der Waals surface area contributed by atoms with Crippen molar-refractivity contribution in [2.75, 3.05) is 0 Å². The molecule has 2 N–H and O–H groups in total. The summed E-state index contributed by atoms with van der Waals surface area (Å²) in [5.41, 5.74) is 9.88. The molecule has 0 saturated heterocycles. The highest BCUT2D eigenvalue weighted by molar-refractivity contribution is 5.46. The van der Waals surface area contributed by atoms with E-state index >= 15 is 0 Å². The molecule has 3 heteroatoms. The number of benzene rings is 1. The van der Waals surface area contributed by atoms with Crippen LogP contribution in [0.1, 0.15) is 22.4 Å². The first kappa shape index (κ1) is 12.6. The van der Waals surface area contributed by atoms with Crippen LogP contribution in [-0.4, -0.2) is 4.98 Å². The monoisotopic (exact) mass is 242 g/mol. The number of pyridine rings is 1. The first-order chi connectivity index (χ1) is 8.61. The Hall–Kier alpha value is -1.87. The van der Waals surface area contributed by atoms with Crippen molar-refractivity contribution in [3.63, 3.8) is 0 Å². The van der Waals surface area contributed by atoms with Crippen LogP contribution in [0, 0.1) is 20.8 Å². The van der Waals surface area contributed by atoms with Gasteiger partial charge in [0.2, 0.25) is 5.88 Å². The van der Waals surface area contributed by atoms with Gasteiger partial charge in [0, 0.05) is 12.6 Å². The summed E-state index contributed by atoms with van der Waals surface area (Å²) in [6.45, 7) is 6.59. The topological polar surface area (TPSA) is 48.1 Å². The van der Waals surface area contributed by atoms with E-state index in [9.17, 15) is 0 Å². The standard InChI is InChI=1S/C15H18N2O/c1-10-7-8-11(2)15(12(10)3)18-14-6-4-5-13(9-16)17-14/h4-8H,9,16H2,1-3H3. The van der Waals surface area contributed by atoms with Crippen LogP contribution in [0.3, 0.4) is 0 Å². The molecule has 0 atom stereocenters. The molecule has 1 heterocycles. The molecule has 0 unspecified atom stereocenters. The number of hydrogen-bond donors (Lipinski definition) is 1. The molecular weight excluding hydrogens is 224 g/mol. The van der Waals surface area contributed by atoms with Gasteiger partial charge in [0.15, 0.2) is 0 Å². The highest BCUT2D eigenvalue weighted by Gasteiger charge is 2.08. The van der Waals surface area contributed by atoms with Gasteiger partial charge >= 0.3 is 0 Å². The van der Waals surface area contributed by atoms with Gasteiger partial charge in [-0.2, -0.15) is 0 Å². The Balaban J connectivity index is 2.36. The number of hydrogen-bond acceptors (Lipinski definition) is 3. The van der Waals surface area contributed by atoms with Crippen molar-refractivity contribution in [3.8, 4) is 11.6 Å². The lowest BCUT2D eigenvalue weighted by atomic mass is 10.1. The third-order valence-corrected chi connectivity index (χ3v) is 3.07. The molecule has 0 aliphatic heterocycles. The summed E-state index contributed by atoms with van der Waals surface area (Å²) >= 11 is 0. The summed E-state index contributed by atoms with van der Waals surface area (Å²) in [6, 6.07) is 9.81. The molecule has 0 aliphatic rings. The molecule has 3 nitrogen and oxygen atoms in total. The Kier molecular flexibility index (Phi) is 3.63. The van der Waals surface area contributed by atoms with Crippen LogP contribution in [0.2, 0.25) is 0 Å². The van der Waals surface area contributed by atoms with Crippen molar-refractivity contribution in [1.29, 1.82) is 0 Å². The van der Waals surface area contributed by atoms with Gasteiger partial charge in [-0.05, 0) is 43.5 Å². The van der Waals surface area contributed by atoms with Gasteiger partial charge in [0.25, 0.3) is 0 Å². The van der Waals surface area contributed by atoms with Gasteiger partial charge in [-0.25, -0.2) is 4.98 Å². The van der Waals surface area contributed by atoms with Crippen molar-refractivity contribution in [3.05, 3.63) is 52.7 Å². The van der Waals surface area contributed by atoms with Gasteiger partial charge < -0.3 is 10.5 Å². The lowest BCUT2D eigenvalue weighted by Gasteiger charge is -2.13. The second kappa shape index (κ2) is 5.19. The molecule has 0 aliphatic carbocycles. The van der Waals surface area contributed by atoms with E-state index in [1.165, 1.54) is 5.56 Å². The molecule has 18 heavy (non-hydrogen) atoms. The van der Waals surface area contributed by atoms with E-state index in [1.807, 2.05) is 25.1 Å². The van der Waals surface area contributed by atoms with Crippen molar-refractivity contribution in [2.24, 2.45) is 5.73 Å². The number of ether oxygens (including phenoxy) is 1. The lowest BCUT2D eigenvalue weighted by Crippen LogP contribution is -2.01. The highest BCUT2D eigenvalue weighted by Crippen LogP contribution is 2.29. The fourth-order valence-corrected chi connectivity index (χ4v) is 1.82. The van der Waals surface area contributed by atoms with E-state index in [1.54, 1.807) is 0 Å². The Bertz CT molecular complexity index is 564. The number of nitrogens with two attached hydrogens (primary N) is 1. The molecule has 0 radical (unpaired) electrons. The van der Waals surface area contributed by atoms with E-state index in [0.717, 1.165) is 22.6 Å². The van der Waals surface area contributed by atoms with Crippen LogP contribution >= 0.6 is 0 Å². The van der Waals surface area contributed by atoms with Gasteiger partial charge in [0.05, 0.1) is 5.69 Å².